The van der Waals surface area contributed by atoms with Crippen molar-refractivity contribution in [2.75, 3.05) is 13.1 Å². The summed E-state index contributed by atoms with van der Waals surface area (Å²) in [6.07, 6.45) is 3.51. The lowest BCUT2D eigenvalue weighted by molar-refractivity contribution is -0.133. The SMILES string of the molecule is O=C(CC1CCNC1)N(Cc1ccc(F)cc1F)C1CC1. The van der Waals surface area contributed by atoms with Crippen LogP contribution in [0.15, 0.2) is 18.2 Å². The molecule has 1 saturated carbocycles. The van der Waals surface area contributed by atoms with E-state index in [-0.39, 0.29) is 18.5 Å². The lowest BCUT2D eigenvalue weighted by Gasteiger charge is -2.24. The summed E-state index contributed by atoms with van der Waals surface area (Å²) in [7, 11) is 0. The molecule has 0 bridgehead atoms. The number of benzene rings is 1. The Morgan fingerprint density at radius 2 is 2.10 bits per heavy atom. The zero-order valence-corrected chi connectivity index (χ0v) is 11.9. The number of carbonyl (C=O) groups excluding carboxylic acids is 1. The fourth-order valence-corrected chi connectivity index (χ4v) is 2.89. The highest BCUT2D eigenvalue weighted by Crippen LogP contribution is 2.30. The van der Waals surface area contributed by atoms with Crippen LogP contribution in [0.5, 0.6) is 0 Å². The quantitative estimate of drug-likeness (QED) is 0.905. The summed E-state index contributed by atoms with van der Waals surface area (Å²) in [4.78, 5) is 14.2. The molecule has 1 aliphatic heterocycles. The van der Waals surface area contributed by atoms with Gasteiger partial charge in [0.25, 0.3) is 0 Å². The Bertz CT molecular complexity index is 525. The van der Waals surface area contributed by atoms with E-state index in [1.165, 1.54) is 12.1 Å². The first-order valence-electron chi connectivity index (χ1n) is 7.57. The molecular weight excluding hydrogens is 274 g/mol. The monoisotopic (exact) mass is 294 g/mol. The van der Waals surface area contributed by atoms with E-state index in [4.69, 9.17) is 0 Å². The minimum Gasteiger partial charge on any atom is -0.335 e. The summed E-state index contributed by atoms with van der Waals surface area (Å²) < 4.78 is 26.7. The maximum atomic E-state index is 13.8. The van der Waals surface area contributed by atoms with E-state index in [1.54, 1.807) is 4.90 Å². The van der Waals surface area contributed by atoms with Gasteiger partial charge in [-0.25, -0.2) is 8.78 Å². The molecule has 1 aromatic rings. The summed E-state index contributed by atoms with van der Waals surface area (Å²) >= 11 is 0. The van der Waals surface area contributed by atoms with E-state index in [9.17, 15) is 13.6 Å². The number of halogens is 2. The average molecular weight is 294 g/mol. The molecule has 1 aromatic carbocycles. The fourth-order valence-electron chi connectivity index (χ4n) is 2.89. The van der Waals surface area contributed by atoms with Gasteiger partial charge >= 0.3 is 0 Å². The van der Waals surface area contributed by atoms with Crippen LogP contribution >= 0.6 is 0 Å². The van der Waals surface area contributed by atoms with Crippen LogP contribution in [0.25, 0.3) is 0 Å². The van der Waals surface area contributed by atoms with Crippen molar-refractivity contribution >= 4 is 5.91 Å². The van der Waals surface area contributed by atoms with Gasteiger partial charge in [0.05, 0.1) is 0 Å². The number of amides is 1. The second kappa shape index (κ2) is 6.10. The number of nitrogens with zero attached hydrogens (tertiary/aromatic N) is 1. The molecule has 1 unspecified atom stereocenters. The van der Waals surface area contributed by atoms with Gasteiger partial charge in [0, 0.05) is 30.6 Å². The average Bonchev–Trinajstić information content (AvgIpc) is 3.15. The van der Waals surface area contributed by atoms with Crippen molar-refractivity contribution in [2.45, 2.75) is 38.3 Å². The van der Waals surface area contributed by atoms with Gasteiger partial charge in [0.1, 0.15) is 11.6 Å². The van der Waals surface area contributed by atoms with Crippen molar-refractivity contribution in [3.8, 4) is 0 Å². The first kappa shape index (κ1) is 14.4. The summed E-state index contributed by atoms with van der Waals surface area (Å²) in [6.45, 7) is 2.10. The van der Waals surface area contributed by atoms with Crippen LogP contribution in [0.3, 0.4) is 0 Å². The van der Waals surface area contributed by atoms with Crippen molar-refractivity contribution in [3.63, 3.8) is 0 Å². The predicted molar refractivity (Wildman–Crippen MR) is 75.5 cm³/mol. The number of rotatable bonds is 5. The lowest BCUT2D eigenvalue weighted by Crippen LogP contribution is -2.34. The highest BCUT2D eigenvalue weighted by Gasteiger charge is 2.34. The molecule has 1 N–H and O–H groups in total. The third-order valence-corrected chi connectivity index (χ3v) is 4.29. The molecule has 1 amide bonds. The first-order chi connectivity index (χ1) is 10.1. The molecule has 1 atom stereocenters. The Balaban J connectivity index is 1.67. The first-order valence-corrected chi connectivity index (χ1v) is 7.57. The van der Waals surface area contributed by atoms with Crippen LogP contribution < -0.4 is 5.32 Å². The van der Waals surface area contributed by atoms with Crippen LogP contribution in [-0.4, -0.2) is 29.9 Å². The summed E-state index contributed by atoms with van der Waals surface area (Å²) in [5.74, 6) is -0.680. The molecule has 2 fully saturated rings. The molecule has 1 heterocycles. The summed E-state index contributed by atoms with van der Waals surface area (Å²) in [5.41, 5.74) is 0.390. The van der Waals surface area contributed by atoms with E-state index >= 15 is 0 Å². The van der Waals surface area contributed by atoms with Crippen LogP contribution in [0.2, 0.25) is 0 Å². The topological polar surface area (TPSA) is 32.3 Å². The molecule has 21 heavy (non-hydrogen) atoms. The van der Waals surface area contributed by atoms with Crippen LogP contribution in [0.4, 0.5) is 8.78 Å². The molecule has 3 nitrogen and oxygen atoms in total. The van der Waals surface area contributed by atoms with E-state index in [2.05, 4.69) is 5.32 Å². The van der Waals surface area contributed by atoms with Gasteiger partial charge in [-0.3, -0.25) is 4.79 Å². The fraction of sp³-hybridized carbons (Fsp3) is 0.562. The molecule has 0 aromatic heterocycles. The zero-order valence-electron chi connectivity index (χ0n) is 11.9. The van der Waals surface area contributed by atoms with Gasteiger partial charge in [-0.05, 0) is 44.3 Å². The van der Waals surface area contributed by atoms with Crippen LogP contribution in [-0.2, 0) is 11.3 Å². The molecule has 0 radical (unpaired) electrons. The standard InChI is InChI=1S/C16H20F2N2O/c17-13-2-1-12(15(18)8-13)10-20(14-3-4-14)16(21)7-11-5-6-19-9-11/h1-2,8,11,14,19H,3-7,9-10H2. The Hall–Kier alpha value is -1.49. The predicted octanol–water partition coefficient (Wildman–Crippen LogP) is 2.46. The van der Waals surface area contributed by atoms with Crippen LogP contribution in [0, 0.1) is 17.6 Å². The molecule has 0 spiro atoms. The minimum absolute atomic E-state index is 0.0925. The molecule has 114 valence electrons. The molecule has 1 saturated heterocycles. The number of hydrogen-bond acceptors (Lipinski definition) is 2. The van der Waals surface area contributed by atoms with Gasteiger partial charge in [-0.15, -0.1) is 0 Å². The number of hydrogen-bond donors (Lipinski definition) is 1. The third-order valence-electron chi connectivity index (χ3n) is 4.29. The van der Waals surface area contributed by atoms with Gasteiger partial charge < -0.3 is 10.2 Å². The molecule has 2 aliphatic rings. The lowest BCUT2D eigenvalue weighted by atomic mass is 10.0. The van der Waals surface area contributed by atoms with E-state index in [0.717, 1.165) is 38.4 Å². The van der Waals surface area contributed by atoms with Crippen molar-refractivity contribution in [1.29, 1.82) is 0 Å². The van der Waals surface area contributed by atoms with Gasteiger partial charge in [-0.1, -0.05) is 6.07 Å². The zero-order chi connectivity index (χ0) is 14.8. The van der Waals surface area contributed by atoms with Crippen LogP contribution in [0.1, 0.15) is 31.2 Å². The Kier molecular flexibility index (Phi) is 4.19. The second-order valence-corrected chi connectivity index (χ2v) is 6.05. The molecule has 5 heteroatoms. The molecular formula is C16H20F2N2O. The Morgan fingerprint density at radius 1 is 1.29 bits per heavy atom. The number of nitrogens with one attached hydrogen (secondary N) is 1. The molecule has 3 rings (SSSR count). The maximum Gasteiger partial charge on any atom is 0.223 e. The third kappa shape index (κ3) is 3.59. The normalized spacial score (nSPS) is 21.5. The highest BCUT2D eigenvalue weighted by molar-refractivity contribution is 5.77. The Morgan fingerprint density at radius 3 is 2.71 bits per heavy atom. The van der Waals surface area contributed by atoms with Crippen molar-refractivity contribution < 1.29 is 13.6 Å². The summed E-state index contributed by atoms with van der Waals surface area (Å²) in [5, 5.41) is 3.25. The van der Waals surface area contributed by atoms with Crippen molar-refractivity contribution in [3.05, 3.63) is 35.4 Å². The summed E-state index contributed by atoms with van der Waals surface area (Å²) in [6, 6.07) is 3.79. The second-order valence-electron chi connectivity index (χ2n) is 6.05. The van der Waals surface area contributed by atoms with Crippen molar-refractivity contribution in [2.24, 2.45) is 5.92 Å². The molecule has 1 aliphatic carbocycles. The van der Waals surface area contributed by atoms with E-state index in [1.807, 2.05) is 0 Å². The number of carbonyl (C=O) groups is 1. The van der Waals surface area contributed by atoms with Gasteiger partial charge in [-0.2, -0.15) is 0 Å². The van der Waals surface area contributed by atoms with Gasteiger partial charge in [0.2, 0.25) is 5.91 Å². The minimum atomic E-state index is -0.586. The van der Waals surface area contributed by atoms with E-state index in [0.29, 0.717) is 17.9 Å². The van der Waals surface area contributed by atoms with Crippen molar-refractivity contribution in [1.82, 2.24) is 10.2 Å². The highest BCUT2D eigenvalue weighted by atomic mass is 19.1. The Labute approximate surface area is 123 Å². The van der Waals surface area contributed by atoms with E-state index < -0.39 is 11.6 Å². The maximum absolute atomic E-state index is 13.8. The van der Waals surface area contributed by atoms with Gasteiger partial charge in [0.15, 0.2) is 0 Å². The smallest absolute Gasteiger partial charge is 0.223 e. The largest absolute Gasteiger partial charge is 0.335 e.